The molecule has 3 aromatic heterocycles. The maximum Gasteiger partial charge on any atom is 0.328 e. The molecule has 12 heteroatoms. The molecule has 3 amide bonds. The van der Waals surface area contributed by atoms with Crippen molar-refractivity contribution >= 4 is 45.5 Å². The van der Waals surface area contributed by atoms with Crippen LogP contribution in [0, 0.1) is 0 Å². The van der Waals surface area contributed by atoms with Crippen molar-refractivity contribution < 1.29 is 19.5 Å². The molecule has 0 bridgehead atoms. The molecular weight excluding hydrogens is 476 g/mol. The van der Waals surface area contributed by atoms with Crippen LogP contribution >= 0.6 is 0 Å². The number of hydrogen-bond acceptors (Lipinski definition) is 7. The molecule has 0 saturated carbocycles. The van der Waals surface area contributed by atoms with E-state index in [4.69, 9.17) is 5.73 Å². The molecule has 0 saturated heterocycles. The van der Waals surface area contributed by atoms with E-state index in [-0.39, 0.29) is 18.1 Å². The number of hydrogen-bond donors (Lipinski definition) is 3. The highest BCUT2D eigenvalue weighted by Crippen LogP contribution is 2.38. The molecule has 4 N–H and O–H groups in total. The van der Waals surface area contributed by atoms with Gasteiger partial charge in [-0.1, -0.05) is 36.4 Å². The van der Waals surface area contributed by atoms with Crippen molar-refractivity contribution in [2.75, 3.05) is 6.54 Å². The Bertz CT molecular complexity index is 1690. The number of nitrogens with two attached hydrogens (primary N) is 1. The summed E-state index contributed by atoms with van der Waals surface area (Å²) in [5.41, 5.74) is 7.41. The largest absolute Gasteiger partial charge is 0.493 e. The number of aromatic nitrogens is 4. The number of pyridine rings is 1. The monoisotopic (exact) mass is 496 g/mol. The van der Waals surface area contributed by atoms with Crippen molar-refractivity contribution in [3.63, 3.8) is 0 Å². The highest BCUT2D eigenvalue weighted by molar-refractivity contribution is 5.97. The number of carbonyl (C=O) groups excluding carboxylic acids is 3. The van der Waals surface area contributed by atoms with Crippen molar-refractivity contribution in [3.8, 4) is 17.4 Å². The van der Waals surface area contributed by atoms with Crippen molar-refractivity contribution in [1.29, 1.82) is 0 Å². The predicted octanol–water partition coefficient (Wildman–Crippen LogP) is 3.11. The van der Waals surface area contributed by atoms with E-state index in [2.05, 4.69) is 25.5 Å². The fraction of sp³-hybridized carbons (Fsp3) is 0.0800. The summed E-state index contributed by atoms with van der Waals surface area (Å²) in [6.07, 6.45) is 1.59. The zero-order valence-electron chi connectivity index (χ0n) is 19.3. The lowest BCUT2D eigenvalue weighted by Gasteiger charge is -2.08. The quantitative estimate of drug-likeness (QED) is 0.305. The minimum Gasteiger partial charge on any atom is -0.493 e. The summed E-state index contributed by atoms with van der Waals surface area (Å²) in [6.45, 7) is -0.736. The van der Waals surface area contributed by atoms with Crippen molar-refractivity contribution in [2.45, 2.75) is 6.54 Å². The van der Waals surface area contributed by atoms with Gasteiger partial charge in [-0.15, -0.1) is 10.2 Å². The van der Waals surface area contributed by atoms with Gasteiger partial charge in [0.05, 0.1) is 16.6 Å². The van der Waals surface area contributed by atoms with Crippen molar-refractivity contribution in [1.82, 2.24) is 24.4 Å². The third kappa shape index (κ3) is 4.50. The molecule has 3 heterocycles. The number of nitrogens with zero attached hydrogens (tertiary/aromatic N) is 6. The van der Waals surface area contributed by atoms with E-state index >= 15 is 0 Å². The number of aromatic hydroxyl groups is 1. The van der Waals surface area contributed by atoms with E-state index < -0.39 is 24.4 Å². The third-order valence-electron chi connectivity index (χ3n) is 5.54. The summed E-state index contributed by atoms with van der Waals surface area (Å²) in [7, 11) is 0. The lowest BCUT2D eigenvalue weighted by atomic mass is 10.2. The fourth-order valence-electron chi connectivity index (χ4n) is 3.96. The predicted molar refractivity (Wildman–Crippen MR) is 134 cm³/mol. The average Bonchev–Trinajstić information content (AvgIpc) is 3.42. The van der Waals surface area contributed by atoms with Crippen LogP contribution in [0.3, 0.4) is 0 Å². The van der Waals surface area contributed by atoms with E-state index in [1.54, 1.807) is 72.9 Å². The Morgan fingerprint density at radius 3 is 2.46 bits per heavy atom. The fourth-order valence-corrected chi connectivity index (χ4v) is 3.96. The lowest BCUT2D eigenvalue weighted by Crippen LogP contribution is -2.32. The van der Waals surface area contributed by atoms with Gasteiger partial charge in [0.1, 0.15) is 18.8 Å². The number of fused-ring (bicyclic) bond motifs is 2. The number of azo groups is 1. The molecule has 0 radical (unpaired) electrons. The SMILES string of the molecule is NC(=O)Cn1c(O)c(N=NC(=O)CNC(=O)n2c(-c3ccccn3)nc3ccccc32)c2ccccc21. The molecule has 5 rings (SSSR count). The van der Waals surface area contributed by atoms with Gasteiger partial charge in [-0.2, -0.15) is 0 Å². The molecular formula is C25H20N8O4. The van der Waals surface area contributed by atoms with Crippen LogP contribution in [0.4, 0.5) is 10.5 Å². The van der Waals surface area contributed by atoms with Gasteiger partial charge in [-0.3, -0.25) is 14.6 Å². The molecule has 5 aromatic rings. The zero-order valence-corrected chi connectivity index (χ0v) is 19.3. The number of amides is 3. The molecule has 0 atom stereocenters. The Morgan fingerprint density at radius 1 is 0.973 bits per heavy atom. The van der Waals surface area contributed by atoms with E-state index in [0.29, 0.717) is 33.5 Å². The van der Waals surface area contributed by atoms with Gasteiger partial charge >= 0.3 is 6.03 Å². The third-order valence-corrected chi connectivity index (χ3v) is 5.54. The number of imidazole rings is 1. The standard InChI is InChI=1S/C25H20N8O4/c26-20(34)14-32-18-10-3-1-7-15(18)22(24(32)36)31-30-21(35)13-28-25(37)33-19-11-4-2-8-16(19)29-23(33)17-9-5-6-12-27-17/h1-12,36H,13-14H2,(H2,26,34)(H,28,37). The Balaban J connectivity index is 1.37. The number of rotatable bonds is 6. The molecule has 12 nitrogen and oxygen atoms in total. The number of primary amides is 1. The maximum absolute atomic E-state index is 13.1. The summed E-state index contributed by atoms with van der Waals surface area (Å²) in [5.74, 6) is -1.45. The number of benzene rings is 2. The Hall–Kier alpha value is -5.39. The van der Waals surface area contributed by atoms with E-state index in [9.17, 15) is 19.5 Å². The van der Waals surface area contributed by atoms with Crippen LogP contribution < -0.4 is 11.1 Å². The van der Waals surface area contributed by atoms with E-state index in [1.165, 1.54) is 9.13 Å². The first-order valence-electron chi connectivity index (χ1n) is 11.1. The first-order chi connectivity index (χ1) is 17.9. The van der Waals surface area contributed by atoms with E-state index in [1.807, 2.05) is 0 Å². The van der Waals surface area contributed by atoms with Crippen LogP contribution in [0.1, 0.15) is 0 Å². The summed E-state index contributed by atoms with van der Waals surface area (Å²) in [4.78, 5) is 45.8. The highest BCUT2D eigenvalue weighted by Gasteiger charge is 2.20. The lowest BCUT2D eigenvalue weighted by molar-refractivity contribution is -0.119. The molecule has 2 aromatic carbocycles. The summed E-state index contributed by atoms with van der Waals surface area (Å²) >= 11 is 0. The van der Waals surface area contributed by atoms with Gasteiger partial charge < -0.3 is 20.7 Å². The van der Waals surface area contributed by atoms with Gasteiger partial charge in [0.25, 0.3) is 5.91 Å². The van der Waals surface area contributed by atoms with Crippen LogP contribution in [0.15, 0.2) is 83.2 Å². The van der Waals surface area contributed by atoms with Gasteiger partial charge in [-0.25, -0.2) is 14.3 Å². The maximum atomic E-state index is 13.1. The molecule has 37 heavy (non-hydrogen) atoms. The Labute approximate surface area is 209 Å². The second kappa shape index (κ2) is 9.70. The highest BCUT2D eigenvalue weighted by atomic mass is 16.3. The molecule has 0 aliphatic heterocycles. The molecule has 0 fully saturated rings. The van der Waals surface area contributed by atoms with Gasteiger partial charge in [0, 0.05) is 11.6 Å². The van der Waals surface area contributed by atoms with Crippen LogP contribution in [0.2, 0.25) is 0 Å². The first-order valence-corrected chi connectivity index (χ1v) is 11.1. The van der Waals surface area contributed by atoms with Gasteiger partial charge in [0.2, 0.25) is 11.8 Å². The molecule has 0 aliphatic rings. The Morgan fingerprint density at radius 2 is 1.70 bits per heavy atom. The first kappa shape index (κ1) is 23.4. The number of carbonyl (C=O) groups is 3. The minimum absolute atomic E-state index is 0.00886. The summed E-state index contributed by atoms with van der Waals surface area (Å²) < 4.78 is 2.62. The number of nitrogens with one attached hydrogen (secondary N) is 1. The molecule has 184 valence electrons. The second-order valence-electron chi connectivity index (χ2n) is 7.97. The van der Waals surface area contributed by atoms with Gasteiger partial charge in [0.15, 0.2) is 11.5 Å². The van der Waals surface area contributed by atoms with Crippen LogP contribution in [-0.4, -0.2) is 48.6 Å². The van der Waals surface area contributed by atoms with Crippen LogP contribution in [0.5, 0.6) is 5.88 Å². The van der Waals surface area contributed by atoms with E-state index in [0.717, 1.165) is 0 Å². The molecule has 0 aliphatic carbocycles. The number of para-hydroxylation sites is 3. The van der Waals surface area contributed by atoms with Crippen LogP contribution in [0.25, 0.3) is 33.5 Å². The summed E-state index contributed by atoms with van der Waals surface area (Å²) in [6, 6.07) is 18.5. The smallest absolute Gasteiger partial charge is 0.328 e. The topological polar surface area (TPSA) is 170 Å². The summed E-state index contributed by atoms with van der Waals surface area (Å²) in [5, 5.41) is 21.1. The molecule has 0 unspecified atom stereocenters. The average molecular weight is 496 g/mol. The zero-order chi connectivity index (χ0) is 25.9. The second-order valence-corrected chi connectivity index (χ2v) is 7.97. The van der Waals surface area contributed by atoms with Crippen LogP contribution in [-0.2, 0) is 16.1 Å². The van der Waals surface area contributed by atoms with Crippen molar-refractivity contribution in [2.24, 2.45) is 16.0 Å². The Kier molecular flexibility index (Phi) is 6.12. The van der Waals surface area contributed by atoms with Crippen molar-refractivity contribution in [3.05, 3.63) is 72.9 Å². The minimum atomic E-state index is -0.761. The van der Waals surface area contributed by atoms with Gasteiger partial charge in [-0.05, 0) is 30.3 Å². The normalized spacial score (nSPS) is 11.4. The molecule has 0 spiro atoms.